The van der Waals surface area contributed by atoms with E-state index in [-0.39, 0.29) is 35.1 Å². The van der Waals surface area contributed by atoms with Gasteiger partial charge in [-0.15, -0.1) is 0 Å². The number of amides is 1. The van der Waals surface area contributed by atoms with Crippen LogP contribution in [-0.4, -0.2) is 76.2 Å². The first-order valence-corrected chi connectivity index (χ1v) is 16.6. The summed E-state index contributed by atoms with van der Waals surface area (Å²) in [5.74, 6) is -0.0934. The van der Waals surface area contributed by atoms with Gasteiger partial charge in [0.05, 0.1) is 16.1 Å². The zero-order chi connectivity index (χ0) is 32.0. The van der Waals surface area contributed by atoms with Crippen LogP contribution in [0.5, 0.6) is 6.01 Å². The first-order valence-electron chi connectivity index (χ1n) is 15.8. The largest absolute Gasteiger partial charge is 0.461 e. The first-order chi connectivity index (χ1) is 22.3. The van der Waals surface area contributed by atoms with Gasteiger partial charge in [0.25, 0.3) is 0 Å². The minimum atomic E-state index is -0.877. The van der Waals surface area contributed by atoms with E-state index in [1.165, 1.54) is 12.1 Å². The molecule has 4 heterocycles. The molecule has 3 saturated heterocycles. The van der Waals surface area contributed by atoms with Crippen LogP contribution < -0.4 is 10.1 Å². The van der Waals surface area contributed by atoms with E-state index >= 15 is 0 Å². The first kappa shape index (κ1) is 31.1. The van der Waals surface area contributed by atoms with Gasteiger partial charge < -0.3 is 15.0 Å². The fourth-order valence-electron chi connectivity index (χ4n) is 7.55. The van der Waals surface area contributed by atoms with E-state index < -0.39 is 12.0 Å². The van der Waals surface area contributed by atoms with Gasteiger partial charge in [0, 0.05) is 53.5 Å². The Morgan fingerprint density at radius 3 is 2.85 bits per heavy atom. The number of benzene rings is 3. The number of piperidine rings is 1. The van der Waals surface area contributed by atoms with Gasteiger partial charge in [0.15, 0.2) is 0 Å². The summed E-state index contributed by atoms with van der Waals surface area (Å²) < 4.78 is 35.4. The molecule has 1 amide bonds. The highest BCUT2D eigenvalue weighted by Gasteiger charge is 2.49. The number of alkyl halides is 1. The van der Waals surface area contributed by atoms with Crippen molar-refractivity contribution < 1.29 is 18.3 Å². The van der Waals surface area contributed by atoms with E-state index in [4.69, 9.17) is 37.9 Å². The molecule has 0 unspecified atom stereocenters. The Kier molecular flexibility index (Phi) is 8.50. The number of anilines is 1. The molecule has 240 valence electrons. The van der Waals surface area contributed by atoms with Crippen LogP contribution in [0.4, 0.5) is 14.6 Å². The van der Waals surface area contributed by atoms with Gasteiger partial charge >= 0.3 is 6.01 Å². The van der Waals surface area contributed by atoms with Gasteiger partial charge in [-0.05, 0) is 73.9 Å². The third-order valence-corrected chi connectivity index (χ3v) is 10.5. The van der Waals surface area contributed by atoms with Crippen LogP contribution in [0.3, 0.4) is 0 Å². The quantitative estimate of drug-likeness (QED) is 0.194. The van der Waals surface area contributed by atoms with E-state index in [2.05, 4.69) is 16.8 Å². The standard InChI is InChI=1S/C35H35Cl2F2N5O2/c1-2-30(45)44-14-4-3-8-23(44)18-40-33-26-15-27(36)25(24-9-5-7-21-10-11-28(39)32(37)31(21)24)16-29(26)41-34(42-33)46-20-35-12-6-13-43(35)19-22(38)17-35/h2,5,7,9-11,15-16,22-23H,1,3-4,6,8,12-14,17-20H2,(H,40,41,42)/t22-,23+,35+/m1/s1. The minimum Gasteiger partial charge on any atom is -0.461 e. The van der Waals surface area contributed by atoms with E-state index in [9.17, 15) is 13.6 Å². The van der Waals surface area contributed by atoms with Gasteiger partial charge in [-0.3, -0.25) is 9.69 Å². The predicted molar refractivity (Wildman–Crippen MR) is 179 cm³/mol. The Balaban J connectivity index is 1.29. The summed E-state index contributed by atoms with van der Waals surface area (Å²) >= 11 is 13.4. The maximum atomic E-state index is 14.6. The summed E-state index contributed by atoms with van der Waals surface area (Å²) in [6.45, 7) is 6.37. The fraction of sp³-hybridized carbons (Fsp3) is 0.400. The van der Waals surface area contributed by atoms with Crippen LogP contribution in [0.15, 0.2) is 55.1 Å². The fourth-order valence-corrected chi connectivity index (χ4v) is 8.09. The Morgan fingerprint density at radius 2 is 2.00 bits per heavy atom. The summed E-state index contributed by atoms with van der Waals surface area (Å²) in [4.78, 5) is 26.2. The lowest BCUT2D eigenvalue weighted by atomic mass is 9.95. The third kappa shape index (κ3) is 5.67. The Hall–Kier alpha value is -3.53. The second kappa shape index (κ2) is 12.6. The highest BCUT2D eigenvalue weighted by Crippen LogP contribution is 2.42. The average Bonchev–Trinajstić information content (AvgIpc) is 3.59. The lowest BCUT2D eigenvalue weighted by Gasteiger charge is -2.35. The highest BCUT2D eigenvalue weighted by molar-refractivity contribution is 6.38. The summed E-state index contributed by atoms with van der Waals surface area (Å²) in [6, 6.07) is 12.4. The molecule has 11 heteroatoms. The molecule has 7 rings (SSSR count). The van der Waals surface area contributed by atoms with Crippen molar-refractivity contribution in [2.24, 2.45) is 0 Å². The molecule has 3 aliphatic rings. The molecule has 0 bridgehead atoms. The molecule has 3 aliphatic heterocycles. The van der Waals surface area contributed by atoms with Gasteiger partial charge in [-0.25, -0.2) is 8.78 Å². The molecule has 1 N–H and O–H groups in total. The SMILES string of the molecule is C=CC(=O)N1CCCC[C@H]1CNc1nc(OC[C@@]23CCCN2C[C@H](F)C3)nc2cc(-c3cccc4ccc(F)c(Cl)c34)c(Cl)cc12. The topological polar surface area (TPSA) is 70.6 Å². The summed E-state index contributed by atoms with van der Waals surface area (Å²) in [5, 5.41) is 5.90. The Bertz CT molecular complexity index is 1840. The number of aromatic nitrogens is 2. The second-order valence-electron chi connectivity index (χ2n) is 12.6. The van der Waals surface area contributed by atoms with E-state index in [0.29, 0.717) is 64.3 Å². The molecule has 0 aliphatic carbocycles. The summed E-state index contributed by atoms with van der Waals surface area (Å²) in [5.41, 5.74) is 1.50. The van der Waals surface area contributed by atoms with Crippen molar-refractivity contribution in [2.75, 3.05) is 38.1 Å². The number of carbonyl (C=O) groups is 1. The number of fused-ring (bicyclic) bond motifs is 3. The maximum absolute atomic E-state index is 14.6. The molecule has 0 saturated carbocycles. The molecule has 0 radical (unpaired) electrons. The zero-order valence-corrected chi connectivity index (χ0v) is 26.9. The van der Waals surface area contributed by atoms with Crippen LogP contribution in [0, 0.1) is 5.82 Å². The number of carbonyl (C=O) groups excluding carboxylic acids is 1. The Morgan fingerprint density at radius 1 is 1.13 bits per heavy atom. The van der Waals surface area contributed by atoms with Crippen molar-refractivity contribution in [2.45, 2.75) is 56.3 Å². The van der Waals surface area contributed by atoms with Crippen LogP contribution in [-0.2, 0) is 4.79 Å². The molecular formula is C35H35Cl2F2N5O2. The van der Waals surface area contributed by atoms with Gasteiger partial charge in [0.2, 0.25) is 5.91 Å². The highest BCUT2D eigenvalue weighted by atomic mass is 35.5. The van der Waals surface area contributed by atoms with E-state index in [1.54, 1.807) is 12.1 Å². The number of ether oxygens (including phenoxy) is 1. The van der Waals surface area contributed by atoms with Crippen molar-refractivity contribution in [3.05, 3.63) is 71.0 Å². The summed E-state index contributed by atoms with van der Waals surface area (Å²) in [6.07, 6.45) is 5.58. The molecule has 46 heavy (non-hydrogen) atoms. The molecule has 4 aromatic rings. The van der Waals surface area contributed by atoms with E-state index in [0.717, 1.165) is 44.0 Å². The molecule has 3 aromatic carbocycles. The van der Waals surface area contributed by atoms with Crippen molar-refractivity contribution in [3.63, 3.8) is 0 Å². The molecular weight excluding hydrogens is 631 g/mol. The second-order valence-corrected chi connectivity index (χ2v) is 13.4. The van der Waals surface area contributed by atoms with Crippen molar-refractivity contribution >= 4 is 56.6 Å². The van der Waals surface area contributed by atoms with Crippen molar-refractivity contribution in [1.29, 1.82) is 0 Å². The lowest BCUT2D eigenvalue weighted by molar-refractivity contribution is -0.129. The van der Waals surface area contributed by atoms with Gasteiger partial charge in [-0.2, -0.15) is 9.97 Å². The number of rotatable bonds is 8. The maximum Gasteiger partial charge on any atom is 0.319 e. The number of nitrogens with one attached hydrogen (secondary N) is 1. The smallest absolute Gasteiger partial charge is 0.319 e. The molecule has 1 aromatic heterocycles. The monoisotopic (exact) mass is 665 g/mol. The molecule has 3 atom stereocenters. The van der Waals surface area contributed by atoms with Gasteiger partial charge in [-0.1, -0.05) is 54.0 Å². The number of likely N-dealkylation sites (tertiary alicyclic amines) is 1. The van der Waals surface area contributed by atoms with Crippen LogP contribution >= 0.6 is 23.2 Å². The van der Waals surface area contributed by atoms with Crippen LogP contribution in [0.25, 0.3) is 32.8 Å². The average molecular weight is 667 g/mol. The lowest BCUT2D eigenvalue weighted by Crippen LogP contribution is -2.46. The van der Waals surface area contributed by atoms with Gasteiger partial charge in [0.1, 0.15) is 24.4 Å². The normalized spacial score (nSPS) is 23.2. The minimum absolute atomic E-state index is 0.0209. The molecule has 0 spiro atoms. The molecule has 3 fully saturated rings. The van der Waals surface area contributed by atoms with Crippen LogP contribution in [0.2, 0.25) is 10.0 Å². The third-order valence-electron chi connectivity index (χ3n) is 9.81. The predicted octanol–water partition coefficient (Wildman–Crippen LogP) is 7.83. The van der Waals surface area contributed by atoms with Crippen molar-refractivity contribution in [3.8, 4) is 17.1 Å². The van der Waals surface area contributed by atoms with Crippen molar-refractivity contribution in [1.82, 2.24) is 19.8 Å². The number of hydrogen-bond acceptors (Lipinski definition) is 6. The number of hydrogen-bond donors (Lipinski definition) is 1. The van der Waals surface area contributed by atoms with E-state index in [1.807, 2.05) is 29.2 Å². The zero-order valence-electron chi connectivity index (χ0n) is 25.4. The van der Waals surface area contributed by atoms with Crippen LogP contribution in [0.1, 0.15) is 38.5 Å². The Labute approximate surface area is 276 Å². The number of halogens is 4. The summed E-state index contributed by atoms with van der Waals surface area (Å²) in [7, 11) is 0. The molecule has 7 nitrogen and oxygen atoms in total. The number of nitrogens with zero attached hydrogens (tertiary/aromatic N) is 4.